The Kier molecular flexibility index (Phi) is 3.84. The van der Waals surface area contributed by atoms with E-state index in [1.54, 1.807) is 18.2 Å². The third-order valence-corrected chi connectivity index (χ3v) is 4.93. The Hall–Kier alpha value is -1.12. The Morgan fingerprint density at radius 1 is 1.42 bits per heavy atom. The van der Waals surface area contributed by atoms with Crippen LogP contribution in [0.5, 0.6) is 0 Å². The van der Waals surface area contributed by atoms with E-state index in [1.165, 1.54) is 7.05 Å². The van der Waals surface area contributed by atoms with Crippen molar-refractivity contribution < 1.29 is 8.42 Å². The molecule has 0 atom stereocenters. The van der Waals surface area contributed by atoms with Crippen LogP contribution in [0.2, 0.25) is 5.02 Å². The minimum atomic E-state index is -3.81. The molecule has 0 saturated carbocycles. The van der Waals surface area contributed by atoms with Crippen LogP contribution in [-0.4, -0.2) is 23.4 Å². The van der Waals surface area contributed by atoms with Crippen LogP contribution in [0.1, 0.15) is 5.56 Å². The highest BCUT2D eigenvalue weighted by molar-refractivity contribution is 9.10. The van der Waals surface area contributed by atoms with E-state index < -0.39 is 10.0 Å². The lowest BCUT2D eigenvalue weighted by atomic mass is 10.2. The maximum atomic E-state index is 12.2. The van der Waals surface area contributed by atoms with Gasteiger partial charge in [0, 0.05) is 7.05 Å². The number of hydrogen-bond acceptors (Lipinski definition) is 4. The molecular formula is C10H10BrClN4O2S. The summed E-state index contributed by atoms with van der Waals surface area (Å²) in [4.78, 5) is 0. The van der Waals surface area contributed by atoms with Gasteiger partial charge in [-0.3, -0.25) is 4.72 Å². The van der Waals surface area contributed by atoms with Gasteiger partial charge in [-0.25, -0.2) is 4.68 Å². The molecule has 0 aliphatic carbocycles. The average molecular weight is 366 g/mol. The van der Waals surface area contributed by atoms with Gasteiger partial charge in [0.25, 0.3) is 10.0 Å². The molecule has 2 rings (SSSR count). The topological polar surface area (TPSA) is 76.9 Å². The molecule has 1 aromatic carbocycles. The van der Waals surface area contributed by atoms with E-state index in [9.17, 15) is 8.42 Å². The Balaban J connectivity index is 2.42. The predicted molar refractivity (Wildman–Crippen MR) is 75.7 cm³/mol. The quantitative estimate of drug-likeness (QED) is 0.905. The zero-order valence-corrected chi connectivity index (χ0v) is 13.2. The maximum Gasteiger partial charge on any atom is 0.281 e. The molecule has 0 bridgehead atoms. The summed E-state index contributed by atoms with van der Waals surface area (Å²) >= 11 is 9.05. The van der Waals surface area contributed by atoms with E-state index in [1.807, 2.05) is 6.92 Å². The Bertz CT molecular complexity index is 710. The number of nitrogens with zero attached hydrogens (tertiary/aromatic N) is 3. The number of rotatable bonds is 3. The molecule has 1 heterocycles. The first kappa shape index (κ1) is 14.3. The zero-order chi connectivity index (χ0) is 14.2. The largest absolute Gasteiger partial charge is 0.281 e. The van der Waals surface area contributed by atoms with E-state index >= 15 is 0 Å². The molecule has 0 unspecified atom stereocenters. The molecule has 1 aromatic heterocycles. The van der Waals surface area contributed by atoms with Crippen LogP contribution in [0.25, 0.3) is 0 Å². The van der Waals surface area contributed by atoms with Gasteiger partial charge in [-0.2, -0.15) is 8.42 Å². The number of sulfonamides is 1. The molecule has 0 spiro atoms. The van der Waals surface area contributed by atoms with E-state index in [2.05, 4.69) is 31.0 Å². The van der Waals surface area contributed by atoms with Crippen LogP contribution in [0.3, 0.4) is 0 Å². The molecule has 1 N–H and O–H groups in total. The fourth-order valence-electron chi connectivity index (χ4n) is 1.50. The number of nitrogens with one attached hydrogen (secondary N) is 1. The molecule has 102 valence electrons. The minimum Gasteiger partial charge on any atom is -0.277 e. The van der Waals surface area contributed by atoms with Crippen LogP contribution in [0, 0.1) is 6.92 Å². The summed E-state index contributed by atoms with van der Waals surface area (Å²) in [5.41, 5.74) is 1.25. The van der Waals surface area contributed by atoms with Gasteiger partial charge in [0.05, 0.1) is 10.7 Å². The molecule has 6 nitrogen and oxygen atoms in total. The molecule has 0 aliphatic rings. The van der Waals surface area contributed by atoms with Crippen molar-refractivity contribution in [1.29, 1.82) is 0 Å². The third-order valence-electron chi connectivity index (χ3n) is 2.36. The lowest BCUT2D eigenvalue weighted by Gasteiger charge is -2.10. The molecular weight excluding hydrogens is 356 g/mol. The van der Waals surface area contributed by atoms with Crippen molar-refractivity contribution in [2.24, 2.45) is 7.05 Å². The fourth-order valence-corrected chi connectivity index (χ4v) is 4.02. The van der Waals surface area contributed by atoms with Crippen molar-refractivity contribution >= 4 is 43.2 Å². The smallest absolute Gasteiger partial charge is 0.277 e. The van der Waals surface area contributed by atoms with E-state index in [4.69, 9.17) is 11.6 Å². The summed E-state index contributed by atoms with van der Waals surface area (Å²) in [7, 11) is -2.32. The average Bonchev–Trinajstić information content (AvgIpc) is 2.63. The van der Waals surface area contributed by atoms with Gasteiger partial charge in [0.15, 0.2) is 4.60 Å². The first-order chi connectivity index (χ1) is 8.81. The molecule has 19 heavy (non-hydrogen) atoms. The second kappa shape index (κ2) is 5.10. The number of halogens is 2. The molecule has 0 amide bonds. The van der Waals surface area contributed by atoms with Crippen LogP contribution >= 0.6 is 27.5 Å². The van der Waals surface area contributed by atoms with Crippen LogP contribution in [0.15, 0.2) is 27.8 Å². The van der Waals surface area contributed by atoms with Gasteiger partial charge in [-0.1, -0.05) is 22.9 Å². The summed E-state index contributed by atoms with van der Waals surface area (Å²) in [5.74, 6) is 0. The normalized spacial score (nSPS) is 11.6. The maximum absolute atomic E-state index is 12.2. The predicted octanol–water partition coefficient (Wildman–Crippen LogP) is 2.34. The number of aryl methyl sites for hydroxylation is 2. The number of aromatic nitrogens is 3. The number of hydrogen-bond donors (Lipinski definition) is 1. The van der Waals surface area contributed by atoms with Crippen LogP contribution in [-0.2, 0) is 17.1 Å². The minimum absolute atomic E-state index is 0.0656. The van der Waals surface area contributed by atoms with Crippen molar-refractivity contribution in [3.63, 3.8) is 0 Å². The molecule has 0 fully saturated rings. The van der Waals surface area contributed by atoms with Gasteiger partial charge >= 0.3 is 0 Å². The molecule has 9 heteroatoms. The molecule has 0 saturated heterocycles. The Morgan fingerprint density at radius 3 is 2.63 bits per heavy atom. The lowest BCUT2D eigenvalue weighted by Crippen LogP contribution is -2.17. The third kappa shape index (κ3) is 2.90. The van der Waals surface area contributed by atoms with Gasteiger partial charge in [-0.05, 0) is 40.5 Å². The van der Waals surface area contributed by atoms with Crippen LogP contribution < -0.4 is 4.72 Å². The standard InChI is InChI=1S/C10H10BrClN4O2S/c1-6-3-4-8(7(12)5-6)14-19(17,18)10-9(11)13-15-16(10)2/h3-5,14H,1-2H3. The van der Waals surface area contributed by atoms with Gasteiger partial charge in [0.1, 0.15) is 0 Å². The SMILES string of the molecule is Cc1ccc(NS(=O)(=O)c2c(Br)nnn2C)c(Cl)c1. The number of anilines is 1. The summed E-state index contributed by atoms with van der Waals surface area (Å²) in [6.45, 7) is 1.87. The summed E-state index contributed by atoms with van der Waals surface area (Å²) < 4.78 is 28.2. The summed E-state index contributed by atoms with van der Waals surface area (Å²) in [5, 5.41) is 7.53. The lowest BCUT2D eigenvalue weighted by molar-refractivity contribution is 0.578. The van der Waals surface area contributed by atoms with Crippen molar-refractivity contribution in [1.82, 2.24) is 15.0 Å². The molecule has 0 radical (unpaired) electrons. The summed E-state index contributed by atoms with van der Waals surface area (Å²) in [6, 6.07) is 5.04. The Labute approximate surface area is 123 Å². The van der Waals surface area contributed by atoms with Crippen molar-refractivity contribution in [3.8, 4) is 0 Å². The highest BCUT2D eigenvalue weighted by atomic mass is 79.9. The first-order valence-electron chi connectivity index (χ1n) is 5.15. The van der Waals surface area contributed by atoms with Crippen molar-refractivity contribution in [3.05, 3.63) is 33.4 Å². The highest BCUT2D eigenvalue weighted by Crippen LogP contribution is 2.27. The van der Waals surface area contributed by atoms with Crippen LogP contribution in [0.4, 0.5) is 5.69 Å². The fraction of sp³-hybridized carbons (Fsp3) is 0.200. The van der Waals surface area contributed by atoms with Gasteiger partial charge in [-0.15, -0.1) is 5.10 Å². The monoisotopic (exact) mass is 364 g/mol. The summed E-state index contributed by atoms with van der Waals surface area (Å²) in [6.07, 6.45) is 0. The molecule has 0 aliphatic heterocycles. The second-order valence-corrected chi connectivity index (χ2v) is 6.65. The number of benzene rings is 1. The second-order valence-electron chi connectivity index (χ2n) is 3.90. The van der Waals surface area contributed by atoms with Gasteiger partial charge < -0.3 is 0 Å². The van der Waals surface area contributed by atoms with E-state index in [0.717, 1.165) is 10.2 Å². The van der Waals surface area contributed by atoms with Crippen molar-refractivity contribution in [2.45, 2.75) is 11.9 Å². The highest BCUT2D eigenvalue weighted by Gasteiger charge is 2.24. The first-order valence-corrected chi connectivity index (χ1v) is 7.81. The molecule has 2 aromatic rings. The van der Waals surface area contributed by atoms with E-state index in [0.29, 0.717) is 10.7 Å². The van der Waals surface area contributed by atoms with Crippen molar-refractivity contribution in [2.75, 3.05) is 4.72 Å². The zero-order valence-electron chi connectivity index (χ0n) is 10.1. The van der Waals surface area contributed by atoms with E-state index in [-0.39, 0.29) is 9.63 Å². The Morgan fingerprint density at radius 2 is 2.11 bits per heavy atom. The van der Waals surface area contributed by atoms with Gasteiger partial charge in [0.2, 0.25) is 5.03 Å².